The number of hydrogen-bond acceptors (Lipinski definition) is 4. The topological polar surface area (TPSA) is 73.2 Å². The van der Waals surface area contributed by atoms with Gasteiger partial charge < -0.3 is 4.74 Å². The van der Waals surface area contributed by atoms with Gasteiger partial charge in [0.25, 0.3) is 11.8 Å². The minimum Gasteiger partial charge on any atom is -0.493 e. The largest absolute Gasteiger partial charge is 0.493 e. The van der Waals surface area contributed by atoms with E-state index in [0.717, 1.165) is 18.5 Å². The number of ether oxygens (including phenoxy) is 1. The molecule has 6 nitrogen and oxygen atoms in total. The molecule has 2 amide bonds. The van der Waals surface area contributed by atoms with Crippen LogP contribution in [0.4, 0.5) is 0 Å². The smallest absolute Gasteiger partial charge is 0.276 e. The molecule has 0 aliphatic rings. The highest BCUT2D eigenvalue weighted by Gasteiger charge is 2.19. The molecule has 2 rings (SSSR count). The Morgan fingerprint density at radius 1 is 1.22 bits per heavy atom. The van der Waals surface area contributed by atoms with E-state index >= 15 is 0 Å². The van der Waals surface area contributed by atoms with Crippen molar-refractivity contribution < 1.29 is 14.3 Å². The predicted octanol–water partition coefficient (Wildman–Crippen LogP) is 2.34. The van der Waals surface area contributed by atoms with Crippen molar-refractivity contribution in [2.45, 2.75) is 26.7 Å². The van der Waals surface area contributed by atoms with Gasteiger partial charge in [-0.1, -0.05) is 25.5 Å². The van der Waals surface area contributed by atoms with Crippen LogP contribution >= 0.6 is 0 Å². The number of aromatic nitrogens is 2. The lowest BCUT2D eigenvalue weighted by Crippen LogP contribution is -2.32. The average Bonchev–Trinajstić information content (AvgIpc) is 2.89. The summed E-state index contributed by atoms with van der Waals surface area (Å²) >= 11 is 0. The quantitative estimate of drug-likeness (QED) is 0.830. The highest BCUT2D eigenvalue weighted by Crippen LogP contribution is 2.18. The fourth-order valence-corrected chi connectivity index (χ4v) is 2.29. The first-order valence-corrected chi connectivity index (χ1v) is 7.67. The monoisotopic (exact) mass is 315 g/mol. The predicted molar refractivity (Wildman–Crippen MR) is 86.6 cm³/mol. The molecule has 0 aliphatic carbocycles. The number of para-hydroxylation sites is 1. The number of rotatable bonds is 6. The summed E-state index contributed by atoms with van der Waals surface area (Å²) in [6, 6.07) is 8.54. The number of hydrogen-bond donors (Lipinski definition) is 1. The van der Waals surface area contributed by atoms with Gasteiger partial charge in [-0.2, -0.15) is 5.10 Å². The summed E-state index contributed by atoms with van der Waals surface area (Å²) in [5.41, 5.74) is 1.52. The Kier molecular flexibility index (Phi) is 5.51. The van der Waals surface area contributed by atoms with E-state index in [2.05, 4.69) is 10.4 Å². The van der Waals surface area contributed by atoms with Gasteiger partial charge in [-0.25, -0.2) is 0 Å². The third kappa shape index (κ3) is 3.97. The molecule has 0 unspecified atom stereocenters. The number of carbonyl (C=O) groups is 2. The molecule has 0 saturated carbocycles. The lowest BCUT2D eigenvalue weighted by atomic mass is 10.2. The molecule has 0 fully saturated rings. The third-order valence-electron chi connectivity index (χ3n) is 3.33. The molecule has 122 valence electrons. The number of nitrogens with one attached hydrogen (secondary N) is 1. The van der Waals surface area contributed by atoms with E-state index in [1.807, 2.05) is 13.8 Å². The average molecular weight is 315 g/mol. The molecule has 1 aromatic carbocycles. The van der Waals surface area contributed by atoms with Gasteiger partial charge in [-0.3, -0.25) is 19.6 Å². The summed E-state index contributed by atoms with van der Waals surface area (Å²) in [4.78, 5) is 24.6. The van der Waals surface area contributed by atoms with Gasteiger partial charge in [-0.15, -0.1) is 0 Å². The van der Waals surface area contributed by atoms with Crippen LogP contribution in [0.25, 0.3) is 0 Å². The molecule has 0 spiro atoms. The number of carbonyl (C=O) groups excluding carboxylic acids is 2. The number of aryl methyl sites for hydroxylation is 2. The summed E-state index contributed by atoms with van der Waals surface area (Å²) in [7, 11) is 1.69. The Morgan fingerprint density at radius 2 is 1.96 bits per heavy atom. The second-order valence-electron chi connectivity index (χ2n) is 5.11. The van der Waals surface area contributed by atoms with Crippen LogP contribution in [0.5, 0.6) is 5.75 Å². The fraction of sp³-hybridized carbons (Fsp3) is 0.353. The zero-order valence-electron chi connectivity index (χ0n) is 13.6. The fourth-order valence-electron chi connectivity index (χ4n) is 2.29. The third-order valence-corrected chi connectivity index (χ3v) is 3.33. The number of imide groups is 1. The Balaban J connectivity index is 2.15. The van der Waals surface area contributed by atoms with Crippen LogP contribution in [0.1, 0.15) is 46.8 Å². The maximum atomic E-state index is 12.3. The zero-order valence-corrected chi connectivity index (χ0v) is 13.6. The molecule has 6 heteroatoms. The molecule has 1 N–H and O–H groups in total. The molecule has 0 bridgehead atoms. The lowest BCUT2D eigenvalue weighted by Gasteiger charge is -2.09. The minimum absolute atomic E-state index is 0.332. The summed E-state index contributed by atoms with van der Waals surface area (Å²) < 4.78 is 6.90. The first-order chi connectivity index (χ1) is 11.1. The maximum absolute atomic E-state index is 12.3. The minimum atomic E-state index is -0.489. The highest BCUT2D eigenvalue weighted by molar-refractivity contribution is 6.10. The van der Waals surface area contributed by atoms with Crippen LogP contribution in [0.3, 0.4) is 0 Å². The van der Waals surface area contributed by atoms with Crippen molar-refractivity contribution in [3.05, 3.63) is 47.3 Å². The molecular formula is C17H21N3O3. The van der Waals surface area contributed by atoms with Gasteiger partial charge in [-0.05, 0) is 31.5 Å². The Labute approximate surface area is 135 Å². The van der Waals surface area contributed by atoms with E-state index in [-0.39, 0.29) is 0 Å². The SMILES string of the molecule is CCCc1cc(C(=O)NC(=O)c2ccccc2OCC)n(C)n1. The first kappa shape index (κ1) is 16.7. The van der Waals surface area contributed by atoms with Crippen LogP contribution < -0.4 is 10.1 Å². The standard InChI is InChI=1S/C17H21N3O3/c1-4-8-12-11-14(20(3)19-12)17(22)18-16(21)13-9-6-7-10-15(13)23-5-2/h6-7,9-11H,4-5,8H2,1-3H3,(H,18,21,22). The molecule has 1 heterocycles. The summed E-state index contributed by atoms with van der Waals surface area (Å²) in [6.07, 6.45) is 1.74. The molecule has 0 aliphatic heterocycles. The van der Waals surface area contributed by atoms with E-state index in [1.54, 1.807) is 37.4 Å². The van der Waals surface area contributed by atoms with E-state index < -0.39 is 11.8 Å². The number of nitrogens with zero attached hydrogens (tertiary/aromatic N) is 2. The van der Waals surface area contributed by atoms with Crippen molar-refractivity contribution in [1.82, 2.24) is 15.1 Å². The first-order valence-electron chi connectivity index (χ1n) is 7.67. The van der Waals surface area contributed by atoms with E-state index in [1.165, 1.54) is 4.68 Å². The van der Waals surface area contributed by atoms with Crippen molar-refractivity contribution in [2.24, 2.45) is 7.05 Å². The Morgan fingerprint density at radius 3 is 2.65 bits per heavy atom. The van der Waals surface area contributed by atoms with Crippen LogP contribution in [-0.2, 0) is 13.5 Å². The summed E-state index contributed by atoms with van der Waals surface area (Å²) in [5.74, 6) is -0.507. The van der Waals surface area contributed by atoms with Crippen molar-refractivity contribution in [3.63, 3.8) is 0 Å². The van der Waals surface area contributed by atoms with Gasteiger partial charge >= 0.3 is 0 Å². The molecule has 1 aromatic heterocycles. The van der Waals surface area contributed by atoms with Crippen LogP contribution in [-0.4, -0.2) is 28.2 Å². The molecule has 0 saturated heterocycles. The Hall–Kier alpha value is -2.63. The summed E-state index contributed by atoms with van der Waals surface area (Å²) in [6.45, 7) is 4.33. The van der Waals surface area contributed by atoms with Crippen molar-refractivity contribution >= 4 is 11.8 Å². The van der Waals surface area contributed by atoms with Crippen LogP contribution in [0.15, 0.2) is 30.3 Å². The lowest BCUT2D eigenvalue weighted by molar-refractivity contribution is 0.0842. The second-order valence-corrected chi connectivity index (χ2v) is 5.11. The van der Waals surface area contributed by atoms with Crippen molar-refractivity contribution in [1.29, 1.82) is 0 Å². The number of benzene rings is 1. The molecule has 2 aromatic rings. The van der Waals surface area contributed by atoms with Crippen LogP contribution in [0.2, 0.25) is 0 Å². The van der Waals surface area contributed by atoms with E-state index in [4.69, 9.17) is 4.74 Å². The summed E-state index contributed by atoms with van der Waals surface area (Å²) in [5, 5.41) is 6.66. The van der Waals surface area contributed by atoms with Gasteiger partial charge in [0.1, 0.15) is 11.4 Å². The molecule has 23 heavy (non-hydrogen) atoms. The van der Waals surface area contributed by atoms with E-state index in [0.29, 0.717) is 23.6 Å². The van der Waals surface area contributed by atoms with Gasteiger partial charge in [0.05, 0.1) is 17.9 Å². The second kappa shape index (κ2) is 7.58. The molecular weight excluding hydrogens is 294 g/mol. The van der Waals surface area contributed by atoms with Gasteiger partial charge in [0, 0.05) is 7.05 Å². The normalized spacial score (nSPS) is 10.4. The van der Waals surface area contributed by atoms with Gasteiger partial charge in [0.15, 0.2) is 0 Å². The molecule has 0 atom stereocenters. The highest BCUT2D eigenvalue weighted by atomic mass is 16.5. The van der Waals surface area contributed by atoms with Crippen molar-refractivity contribution in [2.75, 3.05) is 6.61 Å². The van der Waals surface area contributed by atoms with Crippen molar-refractivity contribution in [3.8, 4) is 5.75 Å². The Bertz CT molecular complexity index is 707. The van der Waals surface area contributed by atoms with Gasteiger partial charge in [0.2, 0.25) is 0 Å². The zero-order chi connectivity index (χ0) is 16.8. The van der Waals surface area contributed by atoms with E-state index in [9.17, 15) is 9.59 Å². The maximum Gasteiger partial charge on any atom is 0.276 e. The number of amides is 2. The van der Waals surface area contributed by atoms with Crippen LogP contribution in [0, 0.1) is 0 Å². The molecule has 0 radical (unpaired) electrons.